The van der Waals surface area contributed by atoms with Gasteiger partial charge in [0.25, 0.3) is 0 Å². The van der Waals surface area contributed by atoms with Crippen molar-refractivity contribution in [3.63, 3.8) is 0 Å². The van der Waals surface area contributed by atoms with Crippen molar-refractivity contribution in [2.75, 3.05) is 26.9 Å². The maximum Gasteiger partial charge on any atom is 0.508 e. The van der Waals surface area contributed by atoms with Gasteiger partial charge in [0.05, 0.1) is 13.7 Å². The van der Waals surface area contributed by atoms with Gasteiger partial charge >= 0.3 is 24.1 Å². The summed E-state index contributed by atoms with van der Waals surface area (Å²) in [6.07, 6.45) is 1.50. The highest BCUT2D eigenvalue weighted by molar-refractivity contribution is 5.77. The average molecular weight is 552 g/mol. The molecule has 0 aromatic heterocycles. The fourth-order valence-corrected chi connectivity index (χ4v) is 3.29. The lowest BCUT2D eigenvalue weighted by Crippen LogP contribution is -2.41. The second-order valence-electron chi connectivity index (χ2n) is 10.2. The van der Waals surface area contributed by atoms with E-state index in [-0.39, 0.29) is 68.3 Å². The fourth-order valence-electron chi connectivity index (χ4n) is 3.29. The van der Waals surface area contributed by atoms with E-state index in [0.29, 0.717) is 5.56 Å². The van der Waals surface area contributed by atoms with E-state index >= 15 is 0 Å². The highest BCUT2D eigenvalue weighted by Crippen LogP contribution is 2.31. The summed E-state index contributed by atoms with van der Waals surface area (Å²) in [6, 6.07) is 4.05. The van der Waals surface area contributed by atoms with Crippen molar-refractivity contribution in [3.8, 4) is 11.5 Å². The molecule has 0 aliphatic heterocycles. The Bertz CT molecular complexity index is 931. The molecule has 0 aliphatic carbocycles. The first-order valence-corrected chi connectivity index (χ1v) is 13.6. The van der Waals surface area contributed by atoms with Crippen molar-refractivity contribution < 1.29 is 42.9 Å². The molecular formula is C29H45NO9. The Kier molecular flexibility index (Phi) is 15.8. The Morgan fingerprint density at radius 1 is 0.846 bits per heavy atom. The van der Waals surface area contributed by atoms with Gasteiger partial charge in [-0.05, 0) is 41.9 Å². The number of methoxy groups -OCH3 is 1. The Labute approximate surface area is 232 Å². The zero-order chi connectivity index (χ0) is 29.4. The van der Waals surface area contributed by atoms with Gasteiger partial charge in [0.1, 0.15) is 12.6 Å². The van der Waals surface area contributed by atoms with Crippen LogP contribution in [0, 0.1) is 17.8 Å². The summed E-state index contributed by atoms with van der Waals surface area (Å²) in [4.78, 5) is 49.0. The maximum atomic E-state index is 12.5. The van der Waals surface area contributed by atoms with Gasteiger partial charge in [0.15, 0.2) is 11.5 Å². The molecule has 2 unspecified atom stereocenters. The van der Waals surface area contributed by atoms with E-state index in [1.54, 1.807) is 18.2 Å². The van der Waals surface area contributed by atoms with Crippen LogP contribution in [0.5, 0.6) is 11.5 Å². The number of esters is 3. The molecule has 1 N–H and O–H groups in total. The number of ether oxygens (including phenoxy) is 5. The van der Waals surface area contributed by atoms with E-state index < -0.39 is 30.1 Å². The molecule has 0 amide bonds. The number of carbonyl (C=O) groups is 4. The van der Waals surface area contributed by atoms with Crippen LogP contribution in [0.2, 0.25) is 0 Å². The molecule has 0 bridgehead atoms. The van der Waals surface area contributed by atoms with Crippen molar-refractivity contribution in [2.24, 2.45) is 17.8 Å². The lowest BCUT2D eigenvalue weighted by atomic mass is 10.0. The SMILES string of the molecule is CCC(C)CC(=O)Oc1ccc(C[C@H](NCCOC(=O)OCC(C)C)C(=O)OC)cc1OC(=O)CC(C)CC. The van der Waals surface area contributed by atoms with Gasteiger partial charge in [-0.15, -0.1) is 0 Å². The van der Waals surface area contributed by atoms with Crippen LogP contribution in [-0.4, -0.2) is 57.0 Å². The number of carbonyl (C=O) groups excluding carboxylic acids is 4. The van der Waals surface area contributed by atoms with Gasteiger partial charge in [-0.3, -0.25) is 14.4 Å². The van der Waals surface area contributed by atoms with Gasteiger partial charge < -0.3 is 29.0 Å². The van der Waals surface area contributed by atoms with E-state index in [2.05, 4.69) is 5.32 Å². The van der Waals surface area contributed by atoms with E-state index in [1.807, 2.05) is 41.5 Å². The summed E-state index contributed by atoms with van der Waals surface area (Å²) in [6.45, 7) is 12.1. The monoisotopic (exact) mass is 551 g/mol. The van der Waals surface area contributed by atoms with Crippen LogP contribution in [-0.2, 0) is 35.0 Å². The maximum absolute atomic E-state index is 12.5. The normalized spacial score (nSPS) is 13.2. The minimum atomic E-state index is -0.776. The molecule has 0 spiro atoms. The average Bonchev–Trinajstić information content (AvgIpc) is 2.89. The highest BCUT2D eigenvalue weighted by atomic mass is 16.7. The van der Waals surface area contributed by atoms with Crippen molar-refractivity contribution in [1.82, 2.24) is 5.32 Å². The molecule has 1 rings (SSSR count). The second kappa shape index (κ2) is 18.2. The van der Waals surface area contributed by atoms with E-state index in [0.717, 1.165) is 12.8 Å². The largest absolute Gasteiger partial charge is 0.508 e. The number of benzene rings is 1. The van der Waals surface area contributed by atoms with Crippen molar-refractivity contribution in [3.05, 3.63) is 23.8 Å². The number of rotatable bonds is 17. The highest BCUT2D eigenvalue weighted by Gasteiger charge is 2.22. The number of hydrogen-bond donors (Lipinski definition) is 1. The third kappa shape index (κ3) is 14.0. The van der Waals surface area contributed by atoms with Crippen molar-refractivity contribution in [1.29, 1.82) is 0 Å². The van der Waals surface area contributed by atoms with E-state index in [4.69, 9.17) is 23.7 Å². The summed E-state index contributed by atoms with van der Waals surface area (Å²) >= 11 is 0. The molecular weight excluding hydrogens is 506 g/mol. The molecule has 10 nitrogen and oxygen atoms in total. The first kappa shape index (κ1) is 33.9. The molecule has 10 heteroatoms. The number of nitrogens with one attached hydrogen (secondary N) is 1. The molecule has 220 valence electrons. The zero-order valence-corrected chi connectivity index (χ0v) is 24.4. The molecule has 39 heavy (non-hydrogen) atoms. The van der Waals surface area contributed by atoms with Crippen LogP contribution in [0.3, 0.4) is 0 Å². The van der Waals surface area contributed by atoms with Crippen LogP contribution >= 0.6 is 0 Å². The van der Waals surface area contributed by atoms with Crippen LogP contribution in [0.1, 0.15) is 72.8 Å². The topological polar surface area (TPSA) is 126 Å². The Morgan fingerprint density at radius 2 is 1.44 bits per heavy atom. The van der Waals surface area contributed by atoms with Gasteiger partial charge in [-0.1, -0.05) is 60.5 Å². The van der Waals surface area contributed by atoms with Crippen molar-refractivity contribution >= 4 is 24.1 Å². The lowest BCUT2D eigenvalue weighted by Gasteiger charge is -2.18. The van der Waals surface area contributed by atoms with Crippen molar-refractivity contribution in [2.45, 2.75) is 79.7 Å². The molecule has 1 aromatic carbocycles. The van der Waals surface area contributed by atoms with E-state index in [1.165, 1.54) is 7.11 Å². The van der Waals surface area contributed by atoms with E-state index in [9.17, 15) is 19.2 Å². The predicted octanol–water partition coefficient (Wildman–Crippen LogP) is 4.85. The standard InChI is InChI=1S/C29H45NO9/c1-8-20(5)14-26(31)38-24-11-10-22(17-25(24)39-27(32)15-21(6)9-2)16-23(28(33)35-7)30-12-13-36-29(34)37-18-19(3)4/h10-11,17,19-21,23,30H,8-9,12-16,18H2,1-7H3/t20?,21?,23-/m0/s1. The Hall–Kier alpha value is -3.14. The summed E-state index contributed by atoms with van der Waals surface area (Å²) in [5, 5.41) is 3.01. The molecule has 0 fully saturated rings. The van der Waals surface area contributed by atoms with Crippen LogP contribution in [0.15, 0.2) is 18.2 Å². The van der Waals surface area contributed by atoms with Crippen LogP contribution < -0.4 is 14.8 Å². The molecule has 0 radical (unpaired) electrons. The smallest absolute Gasteiger partial charge is 0.468 e. The lowest BCUT2D eigenvalue weighted by molar-refractivity contribution is -0.143. The Balaban J connectivity index is 2.98. The molecule has 0 aliphatic rings. The Morgan fingerprint density at radius 3 is 1.97 bits per heavy atom. The fraction of sp³-hybridized carbons (Fsp3) is 0.655. The first-order valence-electron chi connectivity index (χ1n) is 13.6. The molecule has 1 aromatic rings. The molecule has 0 heterocycles. The summed E-state index contributed by atoms with van der Waals surface area (Å²) in [5.74, 6) is -0.651. The quantitative estimate of drug-likeness (QED) is 0.163. The van der Waals surface area contributed by atoms with Gasteiger partial charge in [0.2, 0.25) is 0 Å². The summed E-state index contributed by atoms with van der Waals surface area (Å²) < 4.78 is 26.0. The van der Waals surface area contributed by atoms with Gasteiger partial charge in [-0.2, -0.15) is 0 Å². The zero-order valence-electron chi connectivity index (χ0n) is 24.4. The number of hydrogen-bond acceptors (Lipinski definition) is 10. The molecule has 3 atom stereocenters. The minimum Gasteiger partial charge on any atom is -0.468 e. The first-order chi connectivity index (χ1) is 18.5. The minimum absolute atomic E-state index is 0.00598. The third-order valence-electron chi connectivity index (χ3n) is 6.05. The van der Waals surface area contributed by atoms with Crippen LogP contribution in [0.25, 0.3) is 0 Å². The predicted molar refractivity (Wildman–Crippen MR) is 146 cm³/mol. The van der Waals surface area contributed by atoms with Gasteiger partial charge in [-0.25, -0.2) is 4.79 Å². The summed E-state index contributed by atoms with van der Waals surface area (Å²) in [7, 11) is 1.28. The van der Waals surface area contributed by atoms with Crippen LogP contribution in [0.4, 0.5) is 4.79 Å². The second-order valence-corrected chi connectivity index (χ2v) is 10.2. The summed E-state index contributed by atoms with van der Waals surface area (Å²) in [5.41, 5.74) is 0.642. The molecule has 0 saturated carbocycles. The third-order valence-corrected chi connectivity index (χ3v) is 6.05. The molecule has 0 saturated heterocycles. The van der Waals surface area contributed by atoms with Gasteiger partial charge in [0, 0.05) is 19.4 Å².